The van der Waals surface area contributed by atoms with Crippen LogP contribution in [0, 0.1) is 5.82 Å². The van der Waals surface area contributed by atoms with E-state index in [1.54, 1.807) is 12.1 Å². The largest absolute Gasteiger partial charge is 0.378 e. The summed E-state index contributed by atoms with van der Waals surface area (Å²) in [5.74, 6) is 1.54. The molecule has 27 heavy (non-hydrogen) atoms. The van der Waals surface area contributed by atoms with Gasteiger partial charge in [-0.1, -0.05) is 17.7 Å². The number of nitrogens with zero attached hydrogens (tertiary/aromatic N) is 5. The second-order valence-corrected chi connectivity index (χ2v) is 7.22. The summed E-state index contributed by atoms with van der Waals surface area (Å²) in [7, 11) is 0. The van der Waals surface area contributed by atoms with Gasteiger partial charge in [0.2, 0.25) is 0 Å². The van der Waals surface area contributed by atoms with Crippen LogP contribution in [-0.4, -0.2) is 67.6 Å². The van der Waals surface area contributed by atoms with E-state index in [1.165, 1.54) is 6.07 Å². The van der Waals surface area contributed by atoms with Crippen LogP contribution in [0.15, 0.2) is 30.3 Å². The minimum atomic E-state index is -0.241. The lowest BCUT2D eigenvalue weighted by molar-refractivity contribution is 0.122. The lowest BCUT2D eigenvalue weighted by atomic mass is 10.2. The summed E-state index contributed by atoms with van der Waals surface area (Å²) < 4.78 is 19.4. The van der Waals surface area contributed by atoms with Crippen molar-refractivity contribution in [2.45, 2.75) is 6.54 Å². The van der Waals surface area contributed by atoms with Crippen molar-refractivity contribution in [3.05, 3.63) is 46.7 Å². The molecular weight excluding hydrogens is 369 g/mol. The number of ether oxygens (including phenoxy) is 1. The van der Waals surface area contributed by atoms with Crippen molar-refractivity contribution in [3.8, 4) is 0 Å². The summed E-state index contributed by atoms with van der Waals surface area (Å²) in [5.41, 5.74) is 0.572. The number of aromatic nitrogens is 2. The van der Waals surface area contributed by atoms with Gasteiger partial charge in [-0.2, -0.15) is 0 Å². The van der Waals surface area contributed by atoms with Gasteiger partial charge in [-0.15, -0.1) is 10.2 Å². The molecule has 1 aromatic carbocycles. The van der Waals surface area contributed by atoms with Crippen LogP contribution in [0.25, 0.3) is 0 Å². The molecule has 2 aliphatic heterocycles. The summed E-state index contributed by atoms with van der Waals surface area (Å²) in [4.78, 5) is 6.63. The van der Waals surface area contributed by atoms with Crippen LogP contribution < -0.4 is 9.80 Å². The van der Waals surface area contributed by atoms with Crippen molar-refractivity contribution in [1.82, 2.24) is 15.1 Å². The SMILES string of the molecule is Fc1cccc(Cl)c1CN1CCN(c2ccc(N3CCOCC3)nn2)CC1. The van der Waals surface area contributed by atoms with Gasteiger partial charge in [0.05, 0.1) is 13.2 Å². The Balaban J connectivity index is 1.33. The Morgan fingerprint density at radius 2 is 1.52 bits per heavy atom. The normalized spacial score (nSPS) is 18.7. The van der Waals surface area contributed by atoms with Gasteiger partial charge in [0.25, 0.3) is 0 Å². The highest BCUT2D eigenvalue weighted by molar-refractivity contribution is 6.31. The molecule has 0 bridgehead atoms. The molecule has 0 unspecified atom stereocenters. The van der Waals surface area contributed by atoms with Crippen molar-refractivity contribution in [2.24, 2.45) is 0 Å². The molecule has 0 aliphatic carbocycles. The summed E-state index contributed by atoms with van der Waals surface area (Å²) in [6.45, 7) is 7.02. The van der Waals surface area contributed by atoms with E-state index < -0.39 is 0 Å². The number of halogens is 2. The lowest BCUT2D eigenvalue weighted by Crippen LogP contribution is -2.46. The fraction of sp³-hybridized carbons (Fsp3) is 0.474. The topological polar surface area (TPSA) is 44.7 Å². The molecule has 144 valence electrons. The Bertz CT molecular complexity index is 741. The molecule has 0 saturated carbocycles. The maximum absolute atomic E-state index is 14.0. The van der Waals surface area contributed by atoms with Crippen LogP contribution in [0.5, 0.6) is 0 Å². The van der Waals surface area contributed by atoms with Crippen LogP contribution >= 0.6 is 11.6 Å². The molecule has 2 saturated heterocycles. The number of piperazine rings is 1. The molecular formula is C19H23ClFN5O. The van der Waals surface area contributed by atoms with Crippen molar-refractivity contribution >= 4 is 23.2 Å². The fourth-order valence-corrected chi connectivity index (χ4v) is 3.71. The smallest absolute Gasteiger partial charge is 0.151 e. The predicted molar refractivity (Wildman–Crippen MR) is 104 cm³/mol. The minimum Gasteiger partial charge on any atom is -0.378 e. The average molecular weight is 392 g/mol. The zero-order valence-corrected chi connectivity index (χ0v) is 15.9. The number of rotatable bonds is 4. The Labute approximate surface area is 163 Å². The van der Waals surface area contributed by atoms with E-state index in [0.717, 1.165) is 64.1 Å². The van der Waals surface area contributed by atoms with E-state index >= 15 is 0 Å². The average Bonchev–Trinajstić information content (AvgIpc) is 2.72. The third-order valence-corrected chi connectivity index (χ3v) is 5.47. The van der Waals surface area contributed by atoms with E-state index in [0.29, 0.717) is 17.1 Å². The van der Waals surface area contributed by atoms with Crippen LogP contribution in [0.2, 0.25) is 5.02 Å². The monoisotopic (exact) mass is 391 g/mol. The van der Waals surface area contributed by atoms with Crippen molar-refractivity contribution in [2.75, 3.05) is 62.3 Å². The molecule has 4 rings (SSSR count). The molecule has 0 radical (unpaired) electrons. The first-order valence-corrected chi connectivity index (χ1v) is 9.65. The number of morpholine rings is 1. The maximum atomic E-state index is 14.0. The van der Waals surface area contributed by atoms with Crippen LogP contribution in [0.1, 0.15) is 5.56 Å². The quantitative estimate of drug-likeness (QED) is 0.797. The summed E-state index contributed by atoms with van der Waals surface area (Å²) >= 11 is 6.15. The number of hydrogen-bond acceptors (Lipinski definition) is 6. The molecule has 2 aliphatic rings. The zero-order valence-electron chi connectivity index (χ0n) is 15.2. The molecule has 6 nitrogen and oxygen atoms in total. The van der Waals surface area contributed by atoms with Gasteiger partial charge in [-0.3, -0.25) is 4.90 Å². The molecule has 3 heterocycles. The summed E-state index contributed by atoms with van der Waals surface area (Å²) in [5, 5.41) is 9.28. The van der Waals surface area contributed by atoms with E-state index in [1.807, 2.05) is 12.1 Å². The Kier molecular flexibility index (Phi) is 5.71. The lowest BCUT2D eigenvalue weighted by Gasteiger charge is -2.35. The van der Waals surface area contributed by atoms with Gasteiger partial charge in [0.15, 0.2) is 11.6 Å². The molecule has 1 aromatic heterocycles. The molecule has 0 N–H and O–H groups in total. The molecule has 2 aromatic rings. The Morgan fingerprint density at radius 3 is 2.11 bits per heavy atom. The second kappa shape index (κ2) is 8.37. The highest BCUT2D eigenvalue weighted by Gasteiger charge is 2.21. The van der Waals surface area contributed by atoms with Gasteiger partial charge in [-0.05, 0) is 24.3 Å². The molecule has 0 spiro atoms. The van der Waals surface area contributed by atoms with Crippen LogP contribution in [0.4, 0.5) is 16.0 Å². The van der Waals surface area contributed by atoms with E-state index in [9.17, 15) is 4.39 Å². The Morgan fingerprint density at radius 1 is 0.889 bits per heavy atom. The van der Waals surface area contributed by atoms with Gasteiger partial charge in [0.1, 0.15) is 5.82 Å². The number of hydrogen-bond donors (Lipinski definition) is 0. The number of benzene rings is 1. The van der Waals surface area contributed by atoms with E-state index in [2.05, 4.69) is 24.9 Å². The van der Waals surface area contributed by atoms with Gasteiger partial charge >= 0.3 is 0 Å². The van der Waals surface area contributed by atoms with Crippen molar-refractivity contribution in [3.63, 3.8) is 0 Å². The van der Waals surface area contributed by atoms with Crippen LogP contribution in [0.3, 0.4) is 0 Å². The first-order chi connectivity index (χ1) is 13.2. The van der Waals surface area contributed by atoms with Gasteiger partial charge < -0.3 is 14.5 Å². The van der Waals surface area contributed by atoms with E-state index in [-0.39, 0.29) is 5.82 Å². The predicted octanol–water partition coefficient (Wildman–Crippen LogP) is 2.43. The third kappa shape index (κ3) is 4.31. The minimum absolute atomic E-state index is 0.241. The van der Waals surface area contributed by atoms with Crippen molar-refractivity contribution < 1.29 is 9.13 Å². The fourth-order valence-electron chi connectivity index (χ4n) is 3.49. The molecule has 0 atom stereocenters. The first kappa shape index (κ1) is 18.4. The molecule has 8 heteroatoms. The summed E-state index contributed by atoms with van der Waals surface area (Å²) in [6.07, 6.45) is 0. The highest BCUT2D eigenvalue weighted by atomic mass is 35.5. The molecule has 2 fully saturated rings. The number of anilines is 2. The standard InChI is InChI=1S/C19H23ClFN5O/c20-16-2-1-3-17(21)15(16)14-24-6-8-25(9-7-24)18-4-5-19(23-22-18)26-10-12-27-13-11-26/h1-5H,6-14H2. The van der Waals surface area contributed by atoms with Gasteiger partial charge in [0, 0.05) is 56.4 Å². The highest BCUT2D eigenvalue weighted by Crippen LogP contribution is 2.22. The summed E-state index contributed by atoms with van der Waals surface area (Å²) in [6, 6.07) is 8.89. The molecule has 0 amide bonds. The van der Waals surface area contributed by atoms with E-state index in [4.69, 9.17) is 16.3 Å². The zero-order chi connectivity index (χ0) is 18.6. The Hall–Kier alpha value is -1.96. The van der Waals surface area contributed by atoms with Crippen molar-refractivity contribution in [1.29, 1.82) is 0 Å². The first-order valence-electron chi connectivity index (χ1n) is 9.27. The maximum Gasteiger partial charge on any atom is 0.151 e. The van der Waals surface area contributed by atoms with Gasteiger partial charge in [-0.25, -0.2) is 4.39 Å². The third-order valence-electron chi connectivity index (χ3n) is 5.11. The van der Waals surface area contributed by atoms with Crippen LogP contribution in [-0.2, 0) is 11.3 Å². The second-order valence-electron chi connectivity index (χ2n) is 6.81.